The van der Waals surface area contributed by atoms with Crippen LogP contribution in [0.15, 0.2) is 18.2 Å². The lowest BCUT2D eigenvalue weighted by Crippen LogP contribution is -2.41. The van der Waals surface area contributed by atoms with E-state index < -0.39 is 0 Å². The summed E-state index contributed by atoms with van der Waals surface area (Å²) >= 11 is 8.24. The molecule has 18 heavy (non-hydrogen) atoms. The molecule has 2 nitrogen and oxygen atoms in total. The number of nitrogens with one attached hydrogen (secondary N) is 1. The normalized spacial score (nSPS) is 22.6. The van der Waals surface area contributed by atoms with Crippen LogP contribution in [0.3, 0.4) is 0 Å². The second kappa shape index (κ2) is 5.62. The number of thioether (sulfide) groups is 1. The molecule has 0 radical (unpaired) electrons. The average molecular weight is 286 g/mol. The molecule has 0 saturated carbocycles. The van der Waals surface area contributed by atoms with E-state index in [1.165, 1.54) is 12.2 Å². The van der Waals surface area contributed by atoms with Gasteiger partial charge in [0.15, 0.2) is 0 Å². The Morgan fingerprint density at radius 3 is 2.89 bits per heavy atom. The second-order valence-electron chi connectivity index (χ2n) is 5.36. The summed E-state index contributed by atoms with van der Waals surface area (Å²) in [6.45, 7) is 4.64. The molecule has 1 unspecified atom stereocenters. The van der Waals surface area contributed by atoms with Gasteiger partial charge in [0.2, 0.25) is 0 Å². The summed E-state index contributed by atoms with van der Waals surface area (Å²) in [6, 6.07) is 6.18. The fourth-order valence-electron chi connectivity index (χ4n) is 2.10. The first-order valence-corrected chi connectivity index (χ1v) is 7.74. The molecule has 1 heterocycles. The number of hydrogen-bond donors (Lipinski definition) is 1. The van der Waals surface area contributed by atoms with Crippen molar-refractivity contribution < 1.29 is 4.74 Å². The lowest BCUT2D eigenvalue weighted by molar-refractivity contribution is 0.305. The summed E-state index contributed by atoms with van der Waals surface area (Å²) in [5, 5.41) is 4.33. The third-order valence-electron chi connectivity index (χ3n) is 3.62. The van der Waals surface area contributed by atoms with E-state index in [0.717, 1.165) is 22.2 Å². The minimum atomic E-state index is 0.303. The quantitative estimate of drug-likeness (QED) is 0.895. The van der Waals surface area contributed by atoms with E-state index in [0.29, 0.717) is 11.5 Å². The monoisotopic (exact) mass is 285 g/mol. The van der Waals surface area contributed by atoms with E-state index >= 15 is 0 Å². The van der Waals surface area contributed by atoms with Gasteiger partial charge in [0, 0.05) is 17.9 Å². The predicted molar refractivity (Wildman–Crippen MR) is 81.1 cm³/mol. The molecule has 0 spiro atoms. The van der Waals surface area contributed by atoms with Gasteiger partial charge in [0.25, 0.3) is 0 Å². The van der Waals surface area contributed by atoms with Crippen molar-refractivity contribution in [2.45, 2.75) is 26.3 Å². The molecule has 4 heteroatoms. The Kier molecular flexibility index (Phi) is 4.33. The van der Waals surface area contributed by atoms with E-state index in [1.807, 2.05) is 30.0 Å². The lowest BCUT2D eigenvalue weighted by atomic mass is 9.82. The minimum Gasteiger partial charge on any atom is -0.497 e. The van der Waals surface area contributed by atoms with Crippen LogP contribution in [0.4, 0.5) is 5.69 Å². The highest BCUT2D eigenvalue weighted by Gasteiger charge is 2.32. The Balaban J connectivity index is 2.17. The Labute approximate surface area is 118 Å². The fourth-order valence-corrected chi connectivity index (χ4v) is 3.88. The summed E-state index contributed by atoms with van der Waals surface area (Å²) in [5.74, 6) is 3.21. The molecular formula is C14H20ClNOS. The Hall–Kier alpha value is -0.540. The van der Waals surface area contributed by atoms with Crippen LogP contribution in [-0.2, 0) is 0 Å². The summed E-state index contributed by atoms with van der Waals surface area (Å²) in [6.07, 6.45) is 1.23. The van der Waals surface area contributed by atoms with Gasteiger partial charge in [0.05, 0.1) is 17.8 Å². The van der Waals surface area contributed by atoms with Crippen molar-refractivity contribution in [3.63, 3.8) is 0 Å². The van der Waals surface area contributed by atoms with Gasteiger partial charge in [-0.1, -0.05) is 25.4 Å². The van der Waals surface area contributed by atoms with Gasteiger partial charge < -0.3 is 10.1 Å². The first-order valence-electron chi connectivity index (χ1n) is 6.21. The van der Waals surface area contributed by atoms with E-state index in [1.54, 1.807) is 7.11 Å². The molecule has 1 atom stereocenters. The number of methoxy groups -OCH3 is 1. The maximum Gasteiger partial charge on any atom is 0.121 e. The molecule has 1 fully saturated rings. The zero-order chi connectivity index (χ0) is 13.2. The Morgan fingerprint density at radius 1 is 1.44 bits per heavy atom. The minimum absolute atomic E-state index is 0.303. The summed E-state index contributed by atoms with van der Waals surface area (Å²) in [5.41, 5.74) is 1.27. The first-order chi connectivity index (χ1) is 8.53. The van der Waals surface area contributed by atoms with Crippen LogP contribution in [0.1, 0.15) is 20.3 Å². The summed E-state index contributed by atoms with van der Waals surface area (Å²) in [7, 11) is 1.67. The predicted octanol–water partition coefficient (Wildman–Crippen LogP) is 4.29. The maximum atomic E-state index is 6.24. The zero-order valence-corrected chi connectivity index (χ0v) is 12.7. The third-order valence-corrected chi connectivity index (χ3v) is 5.01. The molecule has 100 valence electrons. The molecule has 0 amide bonds. The molecule has 1 aromatic carbocycles. The molecule has 0 aliphatic carbocycles. The van der Waals surface area contributed by atoms with E-state index in [-0.39, 0.29) is 0 Å². The van der Waals surface area contributed by atoms with Crippen molar-refractivity contribution >= 4 is 29.1 Å². The number of halogens is 1. The molecule has 2 rings (SSSR count). The molecule has 1 aliphatic heterocycles. The SMILES string of the molecule is COc1ccc(Cl)c(NC2CSCCC2(C)C)c1. The van der Waals surface area contributed by atoms with Crippen molar-refractivity contribution in [2.75, 3.05) is 23.9 Å². The van der Waals surface area contributed by atoms with Crippen molar-refractivity contribution in [1.82, 2.24) is 0 Å². The van der Waals surface area contributed by atoms with E-state index in [4.69, 9.17) is 16.3 Å². The summed E-state index contributed by atoms with van der Waals surface area (Å²) in [4.78, 5) is 0. The fraction of sp³-hybridized carbons (Fsp3) is 0.571. The highest BCUT2D eigenvalue weighted by molar-refractivity contribution is 7.99. The Bertz CT molecular complexity index is 422. The number of anilines is 1. The van der Waals surface area contributed by atoms with Gasteiger partial charge in [0.1, 0.15) is 5.75 Å². The van der Waals surface area contributed by atoms with Gasteiger partial charge in [-0.3, -0.25) is 0 Å². The molecule has 1 N–H and O–H groups in total. The molecule has 1 aliphatic rings. The molecule has 1 saturated heterocycles. The van der Waals surface area contributed by atoms with Crippen molar-refractivity contribution in [3.8, 4) is 5.75 Å². The van der Waals surface area contributed by atoms with Crippen LogP contribution in [0.5, 0.6) is 5.75 Å². The number of ether oxygens (including phenoxy) is 1. The van der Waals surface area contributed by atoms with Crippen LogP contribution in [-0.4, -0.2) is 24.7 Å². The molecular weight excluding hydrogens is 266 g/mol. The van der Waals surface area contributed by atoms with Gasteiger partial charge in [-0.15, -0.1) is 0 Å². The van der Waals surface area contributed by atoms with Crippen LogP contribution >= 0.6 is 23.4 Å². The first kappa shape index (κ1) is 13.9. The summed E-state index contributed by atoms with van der Waals surface area (Å²) < 4.78 is 5.25. The average Bonchev–Trinajstić information content (AvgIpc) is 2.34. The maximum absolute atomic E-state index is 6.24. The van der Waals surface area contributed by atoms with Crippen LogP contribution < -0.4 is 10.1 Å². The van der Waals surface area contributed by atoms with E-state index in [9.17, 15) is 0 Å². The highest BCUT2D eigenvalue weighted by Crippen LogP contribution is 2.37. The second-order valence-corrected chi connectivity index (χ2v) is 6.91. The van der Waals surface area contributed by atoms with Crippen LogP contribution in [0, 0.1) is 5.41 Å². The molecule has 1 aromatic rings. The largest absolute Gasteiger partial charge is 0.497 e. The van der Waals surface area contributed by atoms with Crippen LogP contribution in [0.25, 0.3) is 0 Å². The highest BCUT2D eigenvalue weighted by atomic mass is 35.5. The topological polar surface area (TPSA) is 21.3 Å². The molecule has 0 aromatic heterocycles. The standard InChI is InChI=1S/C14H20ClNOS/c1-14(2)6-7-18-9-13(14)16-12-8-10(17-3)4-5-11(12)15/h4-5,8,13,16H,6-7,9H2,1-3H3. The van der Waals surface area contributed by atoms with Crippen molar-refractivity contribution in [3.05, 3.63) is 23.2 Å². The van der Waals surface area contributed by atoms with Gasteiger partial charge in [-0.2, -0.15) is 11.8 Å². The third kappa shape index (κ3) is 3.07. The van der Waals surface area contributed by atoms with Gasteiger partial charge in [-0.25, -0.2) is 0 Å². The number of benzene rings is 1. The lowest BCUT2D eigenvalue weighted by Gasteiger charge is -2.39. The van der Waals surface area contributed by atoms with Crippen molar-refractivity contribution in [2.24, 2.45) is 5.41 Å². The molecule has 0 bridgehead atoms. The van der Waals surface area contributed by atoms with E-state index in [2.05, 4.69) is 19.2 Å². The van der Waals surface area contributed by atoms with Gasteiger partial charge in [-0.05, 0) is 29.7 Å². The van der Waals surface area contributed by atoms with Crippen LogP contribution in [0.2, 0.25) is 5.02 Å². The Morgan fingerprint density at radius 2 is 2.22 bits per heavy atom. The zero-order valence-electron chi connectivity index (χ0n) is 11.1. The number of hydrogen-bond acceptors (Lipinski definition) is 3. The van der Waals surface area contributed by atoms with Gasteiger partial charge >= 0.3 is 0 Å². The smallest absolute Gasteiger partial charge is 0.121 e. The number of rotatable bonds is 3. The van der Waals surface area contributed by atoms with Crippen molar-refractivity contribution in [1.29, 1.82) is 0 Å².